The van der Waals surface area contributed by atoms with Crippen molar-refractivity contribution in [3.63, 3.8) is 0 Å². The largest absolute Gasteiger partial charge is 0.338 e. The van der Waals surface area contributed by atoms with Crippen molar-refractivity contribution in [3.05, 3.63) is 29.8 Å². The van der Waals surface area contributed by atoms with Gasteiger partial charge in [-0.25, -0.2) is 8.42 Å². The highest BCUT2D eigenvalue weighted by molar-refractivity contribution is 7.90. The third-order valence-electron chi connectivity index (χ3n) is 2.83. The fourth-order valence-electron chi connectivity index (χ4n) is 1.42. The van der Waals surface area contributed by atoms with E-state index in [1.807, 2.05) is 6.92 Å². The van der Waals surface area contributed by atoms with E-state index >= 15 is 0 Å². The molecule has 0 fully saturated rings. The van der Waals surface area contributed by atoms with E-state index in [0.717, 1.165) is 6.26 Å². The summed E-state index contributed by atoms with van der Waals surface area (Å²) in [6, 6.07) is 5.91. The maximum absolute atomic E-state index is 12.1. The monoisotopic (exact) mass is 306 g/mol. The molecule has 1 rings (SSSR count). The first-order valence-corrected chi connectivity index (χ1v) is 7.44. The summed E-state index contributed by atoms with van der Waals surface area (Å²) in [7, 11) is -1.66. The molecule has 0 heterocycles. The lowest BCUT2D eigenvalue weighted by Crippen LogP contribution is -2.39. The van der Waals surface area contributed by atoms with Crippen LogP contribution in [0.3, 0.4) is 0 Å². The fraction of sp³-hybridized carbons (Fsp3) is 0.417. The number of nitrogens with zero attached hydrogens (tertiary/aromatic N) is 1. The van der Waals surface area contributed by atoms with E-state index in [4.69, 9.17) is 5.73 Å². The molecule has 1 atom stereocenters. The maximum Gasteiger partial charge on any atom is 0.253 e. The van der Waals surface area contributed by atoms with Gasteiger partial charge in [-0.1, -0.05) is 6.07 Å². The first-order valence-electron chi connectivity index (χ1n) is 5.54. The van der Waals surface area contributed by atoms with Crippen LogP contribution in [-0.2, 0) is 9.84 Å². The zero-order chi connectivity index (χ0) is 13.9. The minimum absolute atomic E-state index is 0. The van der Waals surface area contributed by atoms with Gasteiger partial charge in [0, 0.05) is 31.5 Å². The number of sulfone groups is 1. The van der Waals surface area contributed by atoms with Gasteiger partial charge in [-0.2, -0.15) is 0 Å². The average Bonchev–Trinajstić information content (AvgIpc) is 2.35. The fourth-order valence-corrected chi connectivity index (χ4v) is 2.09. The van der Waals surface area contributed by atoms with Gasteiger partial charge >= 0.3 is 0 Å². The maximum atomic E-state index is 12.1. The van der Waals surface area contributed by atoms with E-state index in [0.29, 0.717) is 12.1 Å². The number of likely N-dealkylation sites (N-methyl/N-ethyl adjacent to an activating group) is 1. The minimum atomic E-state index is -3.31. The first-order chi connectivity index (χ1) is 8.27. The Labute approximate surface area is 120 Å². The van der Waals surface area contributed by atoms with Crippen molar-refractivity contribution in [2.45, 2.75) is 17.9 Å². The zero-order valence-electron chi connectivity index (χ0n) is 11.2. The Kier molecular flexibility index (Phi) is 6.48. The summed E-state index contributed by atoms with van der Waals surface area (Å²) in [6.07, 6.45) is 1.11. The number of rotatable bonds is 4. The van der Waals surface area contributed by atoms with Crippen LogP contribution in [0.2, 0.25) is 0 Å². The molecule has 0 saturated heterocycles. The summed E-state index contributed by atoms with van der Waals surface area (Å²) < 4.78 is 22.8. The number of amides is 1. The Balaban J connectivity index is 0.00000324. The molecule has 0 spiro atoms. The van der Waals surface area contributed by atoms with Crippen molar-refractivity contribution in [3.8, 4) is 0 Å². The van der Waals surface area contributed by atoms with Crippen LogP contribution < -0.4 is 5.73 Å². The number of hydrogen-bond donors (Lipinski definition) is 1. The van der Waals surface area contributed by atoms with Crippen molar-refractivity contribution in [2.75, 3.05) is 19.8 Å². The van der Waals surface area contributed by atoms with Gasteiger partial charge in [0.15, 0.2) is 9.84 Å². The molecule has 1 amide bonds. The summed E-state index contributed by atoms with van der Waals surface area (Å²) >= 11 is 0. The van der Waals surface area contributed by atoms with Crippen molar-refractivity contribution in [1.29, 1.82) is 0 Å². The molecular weight excluding hydrogens is 288 g/mol. The highest BCUT2D eigenvalue weighted by Crippen LogP contribution is 2.13. The molecule has 0 bridgehead atoms. The van der Waals surface area contributed by atoms with Gasteiger partial charge in [0.05, 0.1) is 4.90 Å². The van der Waals surface area contributed by atoms with Crippen molar-refractivity contribution in [1.82, 2.24) is 4.90 Å². The number of halogens is 1. The Hall–Kier alpha value is -1.11. The minimum Gasteiger partial charge on any atom is -0.338 e. The van der Waals surface area contributed by atoms with Gasteiger partial charge in [0.2, 0.25) is 0 Å². The normalized spacial score (nSPS) is 12.4. The molecule has 0 radical (unpaired) electrons. The molecular formula is C12H19ClN2O3S. The SMILES string of the molecule is CC(CN)N(C)C(=O)c1cccc(S(C)(=O)=O)c1.Cl. The molecule has 7 heteroatoms. The summed E-state index contributed by atoms with van der Waals surface area (Å²) in [4.78, 5) is 13.7. The molecule has 0 saturated carbocycles. The molecule has 19 heavy (non-hydrogen) atoms. The number of carbonyl (C=O) groups is 1. The predicted octanol–water partition coefficient (Wildman–Crippen LogP) is 0.931. The lowest BCUT2D eigenvalue weighted by atomic mass is 10.2. The van der Waals surface area contributed by atoms with E-state index in [9.17, 15) is 13.2 Å². The van der Waals surface area contributed by atoms with Gasteiger partial charge in [0.1, 0.15) is 0 Å². The predicted molar refractivity (Wildman–Crippen MR) is 77.4 cm³/mol. The highest BCUT2D eigenvalue weighted by Gasteiger charge is 2.18. The summed E-state index contributed by atoms with van der Waals surface area (Å²) in [6.45, 7) is 2.19. The van der Waals surface area contributed by atoms with Crippen molar-refractivity contribution >= 4 is 28.2 Å². The highest BCUT2D eigenvalue weighted by atomic mass is 35.5. The Morgan fingerprint density at radius 1 is 1.42 bits per heavy atom. The third kappa shape index (κ3) is 4.49. The Bertz CT molecular complexity index is 546. The van der Waals surface area contributed by atoms with E-state index in [1.54, 1.807) is 19.2 Å². The van der Waals surface area contributed by atoms with Crippen LogP contribution in [0.4, 0.5) is 0 Å². The van der Waals surface area contributed by atoms with Crippen LogP contribution in [0, 0.1) is 0 Å². The van der Waals surface area contributed by atoms with Crippen LogP contribution in [0.1, 0.15) is 17.3 Å². The van der Waals surface area contributed by atoms with Crippen LogP contribution in [0.25, 0.3) is 0 Å². The van der Waals surface area contributed by atoms with Crippen molar-refractivity contribution < 1.29 is 13.2 Å². The van der Waals surface area contributed by atoms with E-state index in [2.05, 4.69) is 0 Å². The zero-order valence-corrected chi connectivity index (χ0v) is 12.8. The van der Waals surface area contributed by atoms with Gasteiger partial charge in [0.25, 0.3) is 5.91 Å². The summed E-state index contributed by atoms with van der Waals surface area (Å²) in [5, 5.41) is 0. The van der Waals surface area contributed by atoms with Crippen LogP contribution in [0.5, 0.6) is 0 Å². The molecule has 2 N–H and O–H groups in total. The molecule has 0 aliphatic rings. The van der Waals surface area contributed by atoms with Gasteiger partial charge in [-0.05, 0) is 25.1 Å². The second-order valence-electron chi connectivity index (χ2n) is 4.30. The lowest BCUT2D eigenvalue weighted by Gasteiger charge is -2.23. The van der Waals surface area contributed by atoms with E-state index in [-0.39, 0.29) is 29.3 Å². The quantitative estimate of drug-likeness (QED) is 0.897. The number of nitrogens with two attached hydrogens (primary N) is 1. The molecule has 1 aromatic carbocycles. The second-order valence-corrected chi connectivity index (χ2v) is 6.32. The Morgan fingerprint density at radius 2 is 2.00 bits per heavy atom. The molecule has 0 aliphatic heterocycles. The third-order valence-corrected chi connectivity index (χ3v) is 3.94. The summed E-state index contributed by atoms with van der Waals surface area (Å²) in [5.41, 5.74) is 5.85. The first kappa shape index (κ1) is 17.9. The van der Waals surface area contributed by atoms with Crippen LogP contribution in [-0.4, -0.2) is 45.1 Å². The number of hydrogen-bond acceptors (Lipinski definition) is 4. The van der Waals surface area contributed by atoms with E-state index in [1.165, 1.54) is 17.0 Å². The lowest BCUT2D eigenvalue weighted by molar-refractivity contribution is 0.0748. The second kappa shape index (κ2) is 6.88. The molecule has 0 aliphatic carbocycles. The number of carbonyl (C=O) groups excluding carboxylic acids is 1. The number of benzene rings is 1. The molecule has 0 aromatic heterocycles. The van der Waals surface area contributed by atoms with Crippen LogP contribution in [0.15, 0.2) is 29.2 Å². The van der Waals surface area contributed by atoms with Crippen LogP contribution >= 0.6 is 12.4 Å². The summed E-state index contributed by atoms with van der Waals surface area (Å²) in [5.74, 6) is -0.238. The Morgan fingerprint density at radius 3 is 2.47 bits per heavy atom. The molecule has 108 valence electrons. The molecule has 1 aromatic rings. The van der Waals surface area contributed by atoms with Gasteiger partial charge < -0.3 is 10.6 Å². The standard InChI is InChI=1S/C12H18N2O3S.ClH/c1-9(8-13)14(2)12(15)10-5-4-6-11(7-10)18(3,16)17;/h4-7,9H,8,13H2,1-3H3;1H. The van der Waals surface area contributed by atoms with Gasteiger partial charge in [-0.15, -0.1) is 12.4 Å². The molecule has 5 nitrogen and oxygen atoms in total. The smallest absolute Gasteiger partial charge is 0.253 e. The molecule has 1 unspecified atom stereocenters. The van der Waals surface area contributed by atoms with Gasteiger partial charge in [-0.3, -0.25) is 4.79 Å². The topological polar surface area (TPSA) is 80.5 Å². The van der Waals surface area contributed by atoms with Crippen molar-refractivity contribution in [2.24, 2.45) is 5.73 Å². The average molecular weight is 307 g/mol. The van der Waals surface area contributed by atoms with E-state index < -0.39 is 9.84 Å².